The Bertz CT molecular complexity index is 51.7. The van der Waals surface area contributed by atoms with Gasteiger partial charge in [0.1, 0.15) is 0 Å². The summed E-state index contributed by atoms with van der Waals surface area (Å²) in [6, 6.07) is 2.29. The quantitative estimate of drug-likeness (QED) is 0.427. The largest absolute Gasteiger partial charge is 0.256 e. The summed E-state index contributed by atoms with van der Waals surface area (Å²) in [5.74, 6) is 0. The molecular weight excluding hydrogens is 123 g/mol. The molecule has 0 aromatic carbocycles. The molecule has 7 heavy (non-hydrogen) atoms. The minimum atomic E-state index is -0.409. The SMILES string of the molecule is FC1[Si]CCC[Si]1. The zero-order valence-electron chi connectivity index (χ0n) is 4.08. The molecule has 0 amide bonds. The van der Waals surface area contributed by atoms with Crippen LogP contribution in [0.3, 0.4) is 0 Å². The molecule has 0 unspecified atom stereocenters. The summed E-state index contributed by atoms with van der Waals surface area (Å²) in [6.45, 7) is 0. The van der Waals surface area contributed by atoms with Crippen LogP contribution in [0.5, 0.6) is 0 Å². The van der Waals surface area contributed by atoms with E-state index >= 15 is 0 Å². The van der Waals surface area contributed by atoms with Crippen LogP contribution >= 0.6 is 0 Å². The highest BCUT2D eigenvalue weighted by atomic mass is 28.3. The third-order valence-electron chi connectivity index (χ3n) is 1.00. The lowest BCUT2D eigenvalue weighted by Crippen LogP contribution is -2.22. The highest BCUT2D eigenvalue weighted by molar-refractivity contribution is 6.59. The van der Waals surface area contributed by atoms with Crippen molar-refractivity contribution in [3.05, 3.63) is 0 Å². The topological polar surface area (TPSA) is 0 Å². The number of halogens is 1. The summed E-state index contributed by atoms with van der Waals surface area (Å²) in [5.41, 5.74) is -0.409. The Hall–Kier alpha value is 0.364. The molecule has 1 saturated heterocycles. The molecule has 1 rings (SSSR count). The molecule has 0 saturated carbocycles. The monoisotopic (exact) mass is 130 g/mol. The number of hydrogen-bond acceptors (Lipinski definition) is 0. The lowest BCUT2D eigenvalue weighted by atomic mass is 10.6. The van der Waals surface area contributed by atoms with Gasteiger partial charge in [-0.1, -0.05) is 18.5 Å². The summed E-state index contributed by atoms with van der Waals surface area (Å²) < 4.78 is 12.2. The number of alkyl halides is 1. The first-order valence-corrected chi connectivity index (χ1v) is 5.07. The summed E-state index contributed by atoms with van der Waals surface area (Å²) in [4.78, 5) is 0. The normalized spacial score (nSPS) is 25.3. The molecule has 0 N–H and O–H groups in total. The van der Waals surface area contributed by atoms with Crippen molar-refractivity contribution in [2.75, 3.05) is 0 Å². The van der Waals surface area contributed by atoms with Gasteiger partial charge in [0, 0.05) is 0 Å². The molecule has 1 aliphatic rings. The summed E-state index contributed by atoms with van der Waals surface area (Å²) >= 11 is 0. The third kappa shape index (κ3) is 1.73. The van der Waals surface area contributed by atoms with Crippen molar-refractivity contribution in [1.29, 1.82) is 0 Å². The second kappa shape index (κ2) is 2.62. The maximum Gasteiger partial charge on any atom is 0.0796 e. The van der Waals surface area contributed by atoms with Crippen LogP contribution in [0.4, 0.5) is 4.39 Å². The highest BCUT2D eigenvalue weighted by Gasteiger charge is 2.12. The standard InChI is InChI=1S/C4H7FSi2/c5-4-6-2-1-3-7-4/h4H,1-3H2. The maximum absolute atomic E-state index is 12.2. The second-order valence-electron chi connectivity index (χ2n) is 1.62. The van der Waals surface area contributed by atoms with Crippen molar-refractivity contribution in [3.63, 3.8) is 0 Å². The van der Waals surface area contributed by atoms with E-state index < -0.39 is 5.42 Å². The van der Waals surface area contributed by atoms with Gasteiger partial charge in [-0.05, 0) is 0 Å². The van der Waals surface area contributed by atoms with E-state index in [0.29, 0.717) is 19.0 Å². The first-order chi connectivity index (χ1) is 3.39. The Kier molecular flexibility index (Phi) is 2.06. The van der Waals surface area contributed by atoms with Crippen molar-refractivity contribution in [2.24, 2.45) is 0 Å². The molecule has 1 aliphatic heterocycles. The Morgan fingerprint density at radius 1 is 1.29 bits per heavy atom. The van der Waals surface area contributed by atoms with Crippen molar-refractivity contribution >= 4 is 19.0 Å². The van der Waals surface area contributed by atoms with Crippen LogP contribution in [0.15, 0.2) is 0 Å². The third-order valence-corrected chi connectivity index (χ3v) is 4.23. The van der Waals surface area contributed by atoms with Crippen molar-refractivity contribution in [3.8, 4) is 0 Å². The van der Waals surface area contributed by atoms with Gasteiger partial charge in [-0.25, -0.2) is 0 Å². The maximum atomic E-state index is 12.2. The average molecular weight is 130 g/mol. The fourth-order valence-electron chi connectivity index (χ4n) is 0.618. The van der Waals surface area contributed by atoms with Gasteiger partial charge < -0.3 is 0 Å². The van der Waals surface area contributed by atoms with Crippen LogP contribution in [0.1, 0.15) is 6.42 Å². The average Bonchev–Trinajstić information content (AvgIpc) is 1.69. The lowest BCUT2D eigenvalue weighted by Gasteiger charge is -2.10. The number of rotatable bonds is 0. The van der Waals surface area contributed by atoms with Crippen molar-refractivity contribution < 1.29 is 4.39 Å². The van der Waals surface area contributed by atoms with E-state index in [1.165, 1.54) is 6.42 Å². The van der Waals surface area contributed by atoms with Crippen LogP contribution in [0.2, 0.25) is 12.1 Å². The first kappa shape index (κ1) is 5.50. The highest BCUT2D eigenvalue weighted by Crippen LogP contribution is 2.07. The molecule has 0 aromatic rings. The van der Waals surface area contributed by atoms with E-state index in [2.05, 4.69) is 0 Å². The van der Waals surface area contributed by atoms with Crippen LogP contribution in [-0.2, 0) is 0 Å². The lowest BCUT2D eigenvalue weighted by molar-refractivity contribution is 0.533. The molecular formula is C4H7FSi2. The summed E-state index contributed by atoms with van der Waals surface area (Å²) in [5, 5.41) is 0. The van der Waals surface area contributed by atoms with E-state index in [4.69, 9.17) is 0 Å². The zero-order valence-corrected chi connectivity index (χ0v) is 6.08. The van der Waals surface area contributed by atoms with E-state index in [-0.39, 0.29) is 0 Å². The summed E-state index contributed by atoms with van der Waals surface area (Å²) in [7, 11) is 1.24. The molecule has 0 bridgehead atoms. The van der Waals surface area contributed by atoms with E-state index in [0.717, 1.165) is 12.1 Å². The van der Waals surface area contributed by atoms with Gasteiger partial charge in [-0.15, -0.1) is 0 Å². The van der Waals surface area contributed by atoms with Crippen LogP contribution in [0, 0.1) is 0 Å². The van der Waals surface area contributed by atoms with Gasteiger partial charge in [-0.2, -0.15) is 0 Å². The van der Waals surface area contributed by atoms with Crippen LogP contribution in [-0.4, -0.2) is 24.5 Å². The molecule has 0 spiro atoms. The fourth-order valence-corrected chi connectivity index (χ4v) is 3.68. The molecule has 38 valence electrons. The minimum Gasteiger partial charge on any atom is -0.256 e. The second-order valence-corrected chi connectivity index (χ2v) is 5.03. The Morgan fingerprint density at radius 3 is 2.14 bits per heavy atom. The molecule has 0 atom stereocenters. The Balaban J connectivity index is 2.12. The molecule has 0 aliphatic carbocycles. The molecule has 1 fully saturated rings. The van der Waals surface area contributed by atoms with Crippen LogP contribution in [0.25, 0.3) is 0 Å². The van der Waals surface area contributed by atoms with Gasteiger partial charge in [0.15, 0.2) is 0 Å². The van der Waals surface area contributed by atoms with E-state index in [9.17, 15) is 4.39 Å². The van der Waals surface area contributed by atoms with Crippen molar-refractivity contribution in [1.82, 2.24) is 0 Å². The Labute approximate surface area is 48.1 Å². The Morgan fingerprint density at radius 2 is 1.86 bits per heavy atom. The fraction of sp³-hybridized carbons (Fsp3) is 1.00. The van der Waals surface area contributed by atoms with Gasteiger partial charge in [-0.3, -0.25) is 4.39 Å². The predicted octanol–water partition coefficient (Wildman–Crippen LogP) is 0.888. The molecule has 0 aromatic heterocycles. The minimum absolute atomic E-state index is 0.409. The first-order valence-electron chi connectivity index (χ1n) is 2.50. The zero-order chi connectivity index (χ0) is 5.11. The molecule has 3 heteroatoms. The van der Waals surface area contributed by atoms with E-state index in [1.807, 2.05) is 0 Å². The van der Waals surface area contributed by atoms with Gasteiger partial charge >= 0.3 is 0 Å². The van der Waals surface area contributed by atoms with E-state index in [1.54, 1.807) is 0 Å². The van der Waals surface area contributed by atoms with Crippen molar-refractivity contribution in [2.45, 2.75) is 23.9 Å². The molecule has 4 radical (unpaired) electrons. The van der Waals surface area contributed by atoms with Gasteiger partial charge in [0.2, 0.25) is 0 Å². The summed E-state index contributed by atoms with van der Waals surface area (Å²) in [6.07, 6.45) is 1.28. The molecule has 1 heterocycles. The molecule has 0 nitrogen and oxygen atoms in total. The van der Waals surface area contributed by atoms with Gasteiger partial charge in [0.05, 0.1) is 24.5 Å². The predicted molar refractivity (Wildman–Crippen MR) is 30.6 cm³/mol. The number of hydrogen-bond donors (Lipinski definition) is 0. The smallest absolute Gasteiger partial charge is 0.0796 e. The van der Waals surface area contributed by atoms with Crippen LogP contribution < -0.4 is 0 Å². The van der Waals surface area contributed by atoms with Gasteiger partial charge in [0.25, 0.3) is 0 Å².